The van der Waals surface area contributed by atoms with Gasteiger partial charge < -0.3 is 15.4 Å². The number of nitrogens with zero attached hydrogens (tertiary/aromatic N) is 3. The van der Waals surface area contributed by atoms with E-state index >= 15 is 0 Å². The molecule has 0 saturated carbocycles. The molecule has 3 rings (SSSR count). The van der Waals surface area contributed by atoms with Crippen LogP contribution < -0.4 is 15.4 Å². The van der Waals surface area contributed by atoms with Crippen molar-refractivity contribution in [3.63, 3.8) is 0 Å². The fraction of sp³-hybridized carbons (Fsp3) is 0.158. The first-order valence-corrected chi connectivity index (χ1v) is 8.88. The van der Waals surface area contributed by atoms with Gasteiger partial charge in [-0.15, -0.1) is 0 Å². The fourth-order valence-electron chi connectivity index (χ4n) is 2.53. The standard InChI is InChI=1S/C19H18ClN5O3/c1-3-28-15-8-6-14(7-9-15)23-18-17(25(26)27)19(22-11-21-18)24-16-10-13(20)5-4-12(16)2/h4-11H,3H2,1-2H3,(H2,21,22,23,24). The summed E-state index contributed by atoms with van der Waals surface area (Å²) < 4.78 is 5.40. The Kier molecular flexibility index (Phi) is 5.90. The number of nitrogens with one attached hydrogen (secondary N) is 2. The number of aryl methyl sites for hydroxylation is 1. The molecular formula is C19H18ClN5O3. The molecule has 8 nitrogen and oxygen atoms in total. The molecule has 0 aliphatic carbocycles. The predicted molar refractivity (Wildman–Crippen MR) is 109 cm³/mol. The first kappa shape index (κ1) is 19.4. The van der Waals surface area contributed by atoms with Crippen molar-refractivity contribution in [2.24, 2.45) is 0 Å². The number of benzene rings is 2. The van der Waals surface area contributed by atoms with Crippen LogP contribution in [0.1, 0.15) is 12.5 Å². The van der Waals surface area contributed by atoms with Crippen molar-refractivity contribution < 1.29 is 9.66 Å². The average molecular weight is 400 g/mol. The molecule has 2 N–H and O–H groups in total. The Balaban J connectivity index is 1.93. The highest BCUT2D eigenvalue weighted by Crippen LogP contribution is 2.34. The third kappa shape index (κ3) is 4.47. The summed E-state index contributed by atoms with van der Waals surface area (Å²) in [7, 11) is 0. The zero-order valence-corrected chi connectivity index (χ0v) is 16.0. The van der Waals surface area contributed by atoms with Crippen LogP contribution in [0, 0.1) is 17.0 Å². The molecular weight excluding hydrogens is 382 g/mol. The number of nitro groups is 1. The Morgan fingerprint density at radius 3 is 2.43 bits per heavy atom. The second-order valence-electron chi connectivity index (χ2n) is 5.84. The molecule has 0 aliphatic rings. The van der Waals surface area contributed by atoms with Gasteiger partial charge in [-0.2, -0.15) is 0 Å². The summed E-state index contributed by atoms with van der Waals surface area (Å²) >= 11 is 6.03. The van der Waals surface area contributed by atoms with E-state index in [-0.39, 0.29) is 17.3 Å². The topological polar surface area (TPSA) is 102 Å². The minimum atomic E-state index is -0.529. The number of hydrogen-bond donors (Lipinski definition) is 2. The van der Waals surface area contributed by atoms with E-state index in [4.69, 9.17) is 16.3 Å². The maximum atomic E-state index is 11.7. The molecule has 9 heteroatoms. The van der Waals surface area contributed by atoms with E-state index in [2.05, 4.69) is 20.6 Å². The number of rotatable bonds is 7. The Bertz CT molecular complexity index is 995. The van der Waals surface area contributed by atoms with E-state index in [1.54, 1.807) is 36.4 Å². The molecule has 0 bridgehead atoms. The largest absolute Gasteiger partial charge is 0.494 e. The van der Waals surface area contributed by atoms with Crippen molar-refractivity contribution in [1.82, 2.24) is 9.97 Å². The summed E-state index contributed by atoms with van der Waals surface area (Å²) in [6.07, 6.45) is 1.26. The van der Waals surface area contributed by atoms with Crippen LogP contribution >= 0.6 is 11.6 Å². The lowest BCUT2D eigenvalue weighted by molar-refractivity contribution is -0.383. The van der Waals surface area contributed by atoms with Crippen molar-refractivity contribution in [3.8, 4) is 5.75 Å². The molecule has 0 radical (unpaired) electrons. The van der Waals surface area contributed by atoms with Gasteiger partial charge in [0.1, 0.15) is 12.1 Å². The number of ether oxygens (including phenoxy) is 1. The van der Waals surface area contributed by atoms with Crippen molar-refractivity contribution in [2.75, 3.05) is 17.2 Å². The maximum Gasteiger partial charge on any atom is 0.353 e. The number of hydrogen-bond acceptors (Lipinski definition) is 7. The van der Waals surface area contributed by atoms with E-state index in [0.717, 1.165) is 5.56 Å². The lowest BCUT2D eigenvalue weighted by atomic mass is 10.2. The lowest BCUT2D eigenvalue weighted by Gasteiger charge is -2.12. The van der Waals surface area contributed by atoms with E-state index in [1.807, 2.05) is 19.9 Å². The average Bonchev–Trinajstić information content (AvgIpc) is 2.66. The highest BCUT2D eigenvalue weighted by atomic mass is 35.5. The van der Waals surface area contributed by atoms with Gasteiger partial charge in [0, 0.05) is 16.4 Å². The first-order valence-electron chi connectivity index (χ1n) is 8.50. The van der Waals surface area contributed by atoms with Gasteiger partial charge in [0.2, 0.25) is 11.6 Å². The number of aromatic nitrogens is 2. The van der Waals surface area contributed by atoms with Gasteiger partial charge in [-0.25, -0.2) is 9.97 Å². The summed E-state index contributed by atoms with van der Waals surface area (Å²) in [4.78, 5) is 19.3. The smallest absolute Gasteiger partial charge is 0.353 e. The quantitative estimate of drug-likeness (QED) is 0.414. The van der Waals surface area contributed by atoms with Crippen molar-refractivity contribution in [2.45, 2.75) is 13.8 Å². The van der Waals surface area contributed by atoms with Crippen LogP contribution in [0.5, 0.6) is 5.75 Å². The second-order valence-corrected chi connectivity index (χ2v) is 6.28. The van der Waals surface area contributed by atoms with E-state index in [1.165, 1.54) is 6.33 Å². The number of anilines is 4. The molecule has 0 amide bonds. The highest BCUT2D eigenvalue weighted by Gasteiger charge is 2.23. The minimum Gasteiger partial charge on any atom is -0.494 e. The monoisotopic (exact) mass is 399 g/mol. The van der Waals surface area contributed by atoms with Crippen LogP contribution in [0.4, 0.5) is 28.7 Å². The molecule has 0 unspecified atom stereocenters. The van der Waals surface area contributed by atoms with Crippen molar-refractivity contribution in [1.29, 1.82) is 0 Å². The zero-order chi connectivity index (χ0) is 20.1. The molecule has 3 aromatic rings. The van der Waals surface area contributed by atoms with E-state index in [0.29, 0.717) is 28.8 Å². The Morgan fingerprint density at radius 1 is 1.11 bits per heavy atom. The van der Waals surface area contributed by atoms with E-state index < -0.39 is 4.92 Å². The molecule has 0 fully saturated rings. The predicted octanol–water partition coefficient (Wildman–Crippen LogP) is 5.23. The minimum absolute atomic E-state index is 0.0683. The van der Waals surface area contributed by atoms with Crippen LogP contribution in [0.2, 0.25) is 5.02 Å². The summed E-state index contributed by atoms with van der Waals surface area (Å²) in [5.74, 6) is 0.856. The van der Waals surface area contributed by atoms with Crippen LogP contribution in [0.25, 0.3) is 0 Å². The lowest BCUT2D eigenvalue weighted by Crippen LogP contribution is -2.06. The molecule has 2 aromatic carbocycles. The van der Waals surface area contributed by atoms with Gasteiger partial charge in [-0.05, 0) is 55.8 Å². The second kappa shape index (κ2) is 8.53. The molecule has 0 saturated heterocycles. The third-order valence-electron chi connectivity index (χ3n) is 3.89. The molecule has 28 heavy (non-hydrogen) atoms. The van der Waals surface area contributed by atoms with Crippen LogP contribution in [-0.2, 0) is 0 Å². The van der Waals surface area contributed by atoms with Gasteiger partial charge >= 0.3 is 5.69 Å². The number of halogens is 1. The van der Waals surface area contributed by atoms with Crippen LogP contribution in [-0.4, -0.2) is 21.5 Å². The molecule has 1 heterocycles. The summed E-state index contributed by atoms with van der Waals surface area (Å²) in [5.41, 5.74) is 1.87. The van der Waals surface area contributed by atoms with Crippen molar-refractivity contribution >= 4 is 40.3 Å². The summed E-state index contributed by atoms with van der Waals surface area (Å²) in [6.45, 7) is 4.32. The Morgan fingerprint density at radius 2 is 1.79 bits per heavy atom. The van der Waals surface area contributed by atoms with Gasteiger partial charge in [0.15, 0.2) is 0 Å². The molecule has 0 spiro atoms. The zero-order valence-electron chi connectivity index (χ0n) is 15.3. The van der Waals surface area contributed by atoms with Gasteiger partial charge in [-0.3, -0.25) is 10.1 Å². The molecule has 0 atom stereocenters. The van der Waals surface area contributed by atoms with Crippen LogP contribution in [0.3, 0.4) is 0 Å². The van der Waals surface area contributed by atoms with Crippen molar-refractivity contribution in [3.05, 3.63) is 69.5 Å². The normalized spacial score (nSPS) is 10.4. The van der Waals surface area contributed by atoms with Gasteiger partial charge in [0.05, 0.1) is 11.5 Å². The fourth-order valence-corrected chi connectivity index (χ4v) is 2.70. The molecule has 0 aliphatic heterocycles. The molecule has 1 aromatic heterocycles. The Labute approximate surface area is 166 Å². The maximum absolute atomic E-state index is 11.7. The first-order chi connectivity index (χ1) is 13.5. The Hall–Kier alpha value is -3.39. The molecule has 144 valence electrons. The highest BCUT2D eigenvalue weighted by molar-refractivity contribution is 6.30. The van der Waals surface area contributed by atoms with E-state index in [9.17, 15) is 10.1 Å². The van der Waals surface area contributed by atoms with Crippen LogP contribution in [0.15, 0.2) is 48.8 Å². The summed E-state index contributed by atoms with van der Waals surface area (Å²) in [5, 5.41) is 18.2. The van der Waals surface area contributed by atoms with Gasteiger partial charge in [-0.1, -0.05) is 17.7 Å². The van der Waals surface area contributed by atoms with Gasteiger partial charge in [0.25, 0.3) is 0 Å². The summed E-state index contributed by atoms with van der Waals surface area (Å²) in [6, 6.07) is 12.3. The third-order valence-corrected chi connectivity index (χ3v) is 4.12. The SMILES string of the molecule is CCOc1ccc(Nc2ncnc(Nc3cc(Cl)ccc3C)c2[N+](=O)[O-])cc1.